The monoisotopic (exact) mass is 226 g/mol. The van der Waals surface area contributed by atoms with Crippen molar-refractivity contribution in [3.63, 3.8) is 0 Å². The highest BCUT2D eigenvalue weighted by Crippen LogP contribution is 2.01. The molecule has 3 heteroatoms. The Bertz CT molecular complexity index is 280. The lowest BCUT2D eigenvalue weighted by molar-refractivity contribution is 0.0664. The number of halogens is 1. The molecule has 1 aromatic carbocycles. The van der Waals surface area contributed by atoms with Crippen LogP contribution in [0, 0.1) is 0 Å². The van der Waals surface area contributed by atoms with Gasteiger partial charge in [0.05, 0.1) is 5.56 Å². The van der Waals surface area contributed by atoms with Crippen molar-refractivity contribution < 1.29 is 9.53 Å². The second-order valence-corrected chi connectivity index (χ2v) is 2.56. The Balaban J connectivity index is 2.66. The maximum Gasteiger partial charge on any atom is 0.342 e. The number of carbonyl (C=O) groups excluding carboxylic acids is 1. The molecule has 0 amide bonds. The average molecular weight is 227 g/mol. The number of hydrogen-bond donors (Lipinski definition) is 0. The first-order valence-corrected chi connectivity index (χ1v) is 4.27. The van der Waals surface area contributed by atoms with E-state index in [1.165, 1.54) is 11.2 Å². The number of rotatable bonds is 2. The lowest BCUT2D eigenvalue weighted by atomic mass is 10.2. The fourth-order valence-electron chi connectivity index (χ4n) is 0.730. The number of carbonyl (C=O) groups is 1. The second-order valence-electron chi connectivity index (χ2n) is 2.03. The highest BCUT2D eigenvalue weighted by Gasteiger charge is 2.02. The van der Waals surface area contributed by atoms with E-state index in [-0.39, 0.29) is 5.97 Å². The van der Waals surface area contributed by atoms with Gasteiger partial charge in [0, 0.05) is 4.99 Å². The summed E-state index contributed by atoms with van der Waals surface area (Å²) >= 11 is 2.99. The standard InChI is InChI=1S/C9H7BrO2/c10-6-7-12-9(11)8-4-2-1-3-5-8/h1-7H/b7-6-. The van der Waals surface area contributed by atoms with Gasteiger partial charge < -0.3 is 4.74 Å². The molecule has 0 radical (unpaired) electrons. The van der Waals surface area contributed by atoms with Crippen molar-refractivity contribution in [1.82, 2.24) is 0 Å². The molecule has 12 heavy (non-hydrogen) atoms. The topological polar surface area (TPSA) is 26.3 Å². The van der Waals surface area contributed by atoms with E-state index in [1.54, 1.807) is 24.3 Å². The number of esters is 1. The molecule has 0 bridgehead atoms. The summed E-state index contributed by atoms with van der Waals surface area (Å²) in [5.74, 6) is -0.355. The summed E-state index contributed by atoms with van der Waals surface area (Å²) in [6, 6.07) is 8.81. The minimum absolute atomic E-state index is 0.355. The summed E-state index contributed by atoms with van der Waals surface area (Å²) in [4.78, 5) is 12.6. The minimum Gasteiger partial charge on any atom is -0.430 e. The van der Waals surface area contributed by atoms with Crippen LogP contribution in [0.5, 0.6) is 0 Å². The van der Waals surface area contributed by atoms with Crippen molar-refractivity contribution in [1.29, 1.82) is 0 Å². The predicted molar refractivity (Wildman–Crippen MR) is 49.9 cm³/mol. The van der Waals surface area contributed by atoms with Crippen LogP contribution in [0.4, 0.5) is 0 Å². The van der Waals surface area contributed by atoms with Crippen molar-refractivity contribution in [3.8, 4) is 0 Å². The first-order chi connectivity index (χ1) is 5.84. The van der Waals surface area contributed by atoms with Gasteiger partial charge in [-0.05, 0) is 12.1 Å². The molecule has 2 nitrogen and oxygen atoms in total. The summed E-state index contributed by atoms with van der Waals surface area (Å²) in [6.07, 6.45) is 1.29. The molecule has 0 aliphatic rings. The third kappa shape index (κ3) is 2.51. The van der Waals surface area contributed by atoms with Crippen LogP contribution in [0.1, 0.15) is 10.4 Å². The Morgan fingerprint density at radius 2 is 2.00 bits per heavy atom. The molecule has 0 saturated carbocycles. The average Bonchev–Trinajstić information content (AvgIpc) is 2.15. The molecule has 0 spiro atoms. The molecule has 0 fully saturated rings. The zero-order chi connectivity index (χ0) is 8.81. The van der Waals surface area contributed by atoms with E-state index in [4.69, 9.17) is 4.74 Å². The van der Waals surface area contributed by atoms with E-state index >= 15 is 0 Å². The smallest absolute Gasteiger partial charge is 0.342 e. The van der Waals surface area contributed by atoms with E-state index < -0.39 is 0 Å². The maximum absolute atomic E-state index is 11.1. The molecule has 0 aromatic heterocycles. The van der Waals surface area contributed by atoms with Gasteiger partial charge in [0.1, 0.15) is 6.26 Å². The first-order valence-electron chi connectivity index (χ1n) is 3.36. The number of hydrogen-bond acceptors (Lipinski definition) is 2. The largest absolute Gasteiger partial charge is 0.430 e. The van der Waals surface area contributed by atoms with Gasteiger partial charge in [-0.1, -0.05) is 34.1 Å². The van der Waals surface area contributed by atoms with Crippen LogP contribution in [-0.4, -0.2) is 5.97 Å². The molecule has 0 unspecified atom stereocenters. The van der Waals surface area contributed by atoms with Crippen LogP contribution in [0.15, 0.2) is 41.6 Å². The maximum atomic E-state index is 11.1. The lowest BCUT2D eigenvalue weighted by Gasteiger charge is -1.96. The van der Waals surface area contributed by atoms with E-state index in [0.29, 0.717) is 5.56 Å². The highest BCUT2D eigenvalue weighted by atomic mass is 79.9. The molecule has 62 valence electrons. The van der Waals surface area contributed by atoms with E-state index in [2.05, 4.69) is 15.9 Å². The van der Waals surface area contributed by atoms with Gasteiger partial charge in [-0.15, -0.1) is 0 Å². The van der Waals surface area contributed by atoms with Gasteiger partial charge in [-0.25, -0.2) is 4.79 Å². The van der Waals surface area contributed by atoms with Gasteiger partial charge >= 0.3 is 5.97 Å². The molecule has 0 heterocycles. The quantitative estimate of drug-likeness (QED) is 0.573. The number of benzene rings is 1. The van der Waals surface area contributed by atoms with E-state index in [9.17, 15) is 4.79 Å². The van der Waals surface area contributed by atoms with E-state index in [1.807, 2.05) is 6.07 Å². The first kappa shape index (κ1) is 9.00. The molecular weight excluding hydrogens is 220 g/mol. The normalized spacial score (nSPS) is 10.1. The van der Waals surface area contributed by atoms with Crippen LogP contribution >= 0.6 is 15.9 Å². The van der Waals surface area contributed by atoms with Gasteiger partial charge in [0.25, 0.3) is 0 Å². The predicted octanol–water partition coefficient (Wildman–Crippen LogP) is 2.71. The third-order valence-corrected chi connectivity index (χ3v) is 1.45. The zero-order valence-corrected chi connectivity index (χ0v) is 7.82. The molecule has 1 aromatic rings. The van der Waals surface area contributed by atoms with Crippen LogP contribution in [0.25, 0.3) is 0 Å². The Hall–Kier alpha value is -1.09. The van der Waals surface area contributed by atoms with Gasteiger partial charge in [0.15, 0.2) is 0 Å². The fourth-order valence-corrected chi connectivity index (χ4v) is 0.838. The Morgan fingerprint density at radius 1 is 1.33 bits per heavy atom. The van der Waals surface area contributed by atoms with Gasteiger partial charge in [0.2, 0.25) is 0 Å². The van der Waals surface area contributed by atoms with Crippen LogP contribution < -0.4 is 0 Å². The van der Waals surface area contributed by atoms with Crippen molar-refractivity contribution in [2.45, 2.75) is 0 Å². The Labute approximate surface area is 79.0 Å². The Kier molecular flexibility index (Phi) is 3.54. The van der Waals surface area contributed by atoms with Crippen molar-refractivity contribution >= 4 is 21.9 Å². The molecular formula is C9H7BrO2. The lowest BCUT2D eigenvalue weighted by Crippen LogP contribution is -1.99. The van der Waals surface area contributed by atoms with Crippen LogP contribution in [0.2, 0.25) is 0 Å². The summed E-state index contributed by atoms with van der Waals surface area (Å²) in [5, 5.41) is 0. The van der Waals surface area contributed by atoms with Gasteiger partial charge in [-0.2, -0.15) is 0 Å². The molecule has 0 aliphatic heterocycles. The Morgan fingerprint density at radius 3 is 2.58 bits per heavy atom. The molecule has 1 rings (SSSR count). The molecule has 0 saturated heterocycles. The summed E-state index contributed by atoms with van der Waals surface area (Å²) in [7, 11) is 0. The highest BCUT2D eigenvalue weighted by molar-refractivity contribution is 9.11. The number of ether oxygens (including phenoxy) is 1. The molecule has 0 atom stereocenters. The van der Waals surface area contributed by atoms with Crippen LogP contribution in [-0.2, 0) is 4.74 Å². The third-order valence-electron chi connectivity index (χ3n) is 1.24. The summed E-state index contributed by atoms with van der Waals surface area (Å²) < 4.78 is 4.71. The van der Waals surface area contributed by atoms with Crippen molar-refractivity contribution in [2.24, 2.45) is 0 Å². The SMILES string of the molecule is O=C(O/C=C\Br)c1ccccc1. The summed E-state index contributed by atoms with van der Waals surface area (Å²) in [6.45, 7) is 0. The molecule has 0 N–H and O–H groups in total. The van der Waals surface area contributed by atoms with E-state index in [0.717, 1.165) is 0 Å². The summed E-state index contributed by atoms with van der Waals surface area (Å²) in [5.41, 5.74) is 0.545. The minimum atomic E-state index is -0.355. The molecule has 0 aliphatic carbocycles. The van der Waals surface area contributed by atoms with Crippen molar-refractivity contribution in [3.05, 3.63) is 47.1 Å². The fraction of sp³-hybridized carbons (Fsp3) is 0. The second kappa shape index (κ2) is 4.72. The van der Waals surface area contributed by atoms with Crippen molar-refractivity contribution in [2.75, 3.05) is 0 Å². The van der Waals surface area contributed by atoms with Crippen LogP contribution in [0.3, 0.4) is 0 Å². The zero-order valence-electron chi connectivity index (χ0n) is 6.24. The van der Waals surface area contributed by atoms with Gasteiger partial charge in [-0.3, -0.25) is 0 Å².